The zero-order valence-corrected chi connectivity index (χ0v) is 18.8. The molecule has 1 amide bonds. The number of carbonyl (C=O) groups excluding carboxylic acids is 1. The highest BCUT2D eigenvalue weighted by Crippen LogP contribution is 2.23. The van der Waals surface area contributed by atoms with E-state index >= 15 is 0 Å². The minimum absolute atomic E-state index is 0.0446. The van der Waals surface area contributed by atoms with Crippen molar-refractivity contribution in [3.8, 4) is 11.5 Å². The Labute approximate surface area is 192 Å². The highest BCUT2D eigenvalue weighted by atomic mass is 16.5. The van der Waals surface area contributed by atoms with E-state index in [2.05, 4.69) is 10.3 Å². The van der Waals surface area contributed by atoms with Gasteiger partial charge in [-0.3, -0.25) is 9.59 Å². The van der Waals surface area contributed by atoms with Crippen molar-refractivity contribution >= 4 is 23.4 Å². The molecule has 1 heterocycles. The lowest BCUT2D eigenvalue weighted by molar-refractivity contribution is -0.137. The van der Waals surface area contributed by atoms with Gasteiger partial charge < -0.3 is 24.8 Å². The van der Waals surface area contributed by atoms with Gasteiger partial charge >= 0.3 is 5.97 Å². The lowest BCUT2D eigenvalue weighted by atomic mass is 10.1. The summed E-state index contributed by atoms with van der Waals surface area (Å²) in [4.78, 5) is 30.4. The van der Waals surface area contributed by atoms with Crippen LogP contribution in [0.1, 0.15) is 29.8 Å². The van der Waals surface area contributed by atoms with Gasteiger partial charge in [-0.05, 0) is 67.9 Å². The summed E-state index contributed by atoms with van der Waals surface area (Å²) in [5.41, 5.74) is 1.78. The van der Waals surface area contributed by atoms with E-state index < -0.39 is 18.4 Å². The maximum atomic E-state index is 13.3. The summed E-state index contributed by atoms with van der Waals surface area (Å²) in [5, 5.41) is 12.5. The molecule has 0 atom stereocenters. The molecule has 0 saturated carbocycles. The summed E-state index contributed by atoms with van der Waals surface area (Å²) < 4.78 is 10.8. The van der Waals surface area contributed by atoms with Crippen LogP contribution in [0.3, 0.4) is 0 Å². The van der Waals surface area contributed by atoms with Crippen LogP contribution in [0, 0.1) is 0 Å². The van der Waals surface area contributed by atoms with Gasteiger partial charge in [-0.2, -0.15) is 0 Å². The molecular formula is C25H27N3O5. The van der Waals surface area contributed by atoms with Gasteiger partial charge in [0.05, 0.1) is 18.8 Å². The number of carbonyl (C=O) groups is 2. The molecule has 33 heavy (non-hydrogen) atoms. The molecule has 0 unspecified atom stereocenters. The van der Waals surface area contributed by atoms with Crippen molar-refractivity contribution < 1.29 is 24.2 Å². The number of ether oxygens (including phenoxy) is 2. The van der Waals surface area contributed by atoms with E-state index in [4.69, 9.17) is 9.47 Å². The summed E-state index contributed by atoms with van der Waals surface area (Å²) in [6.45, 7) is 3.56. The molecule has 172 valence electrons. The predicted octanol–water partition coefficient (Wildman–Crippen LogP) is 4.35. The number of hydrogen-bond donors (Lipinski definition) is 2. The fraction of sp³-hybridized carbons (Fsp3) is 0.240. The van der Waals surface area contributed by atoms with E-state index in [0.717, 1.165) is 5.56 Å². The molecule has 0 saturated heterocycles. The molecule has 0 aliphatic carbocycles. The van der Waals surface area contributed by atoms with E-state index in [9.17, 15) is 14.7 Å². The minimum Gasteiger partial charge on any atom is -0.497 e. The van der Waals surface area contributed by atoms with E-state index in [1.54, 1.807) is 61.8 Å². The molecule has 0 aliphatic heterocycles. The van der Waals surface area contributed by atoms with E-state index in [0.29, 0.717) is 23.0 Å². The van der Waals surface area contributed by atoms with Gasteiger partial charge in [0.1, 0.15) is 23.9 Å². The van der Waals surface area contributed by atoms with Crippen LogP contribution in [-0.4, -0.2) is 46.6 Å². The second-order valence-corrected chi connectivity index (χ2v) is 7.62. The second-order valence-electron chi connectivity index (χ2n) is 7.62. The number of carboxylic acid groups (broad SMARTS) is 1. The van der Waals surface area contributed by atoms with Crippen molar-refractivity contribution in [1.29, 1.82) is 0 Å². The predicted molar refractivity (Wildman–Crippen MR) is 125 cm³/mol. The molecular weight excluding hydrogens is 422 g/mol. The quantitative estimate of drug-likeness (QED) is 0.475. The first-order valence-electron chi connectivity index (χ1n) is 10.5. The number of aliphatic carboxylic acids is 1. The Balaban J connectivity index is 1.82. The van der Waals surface area contributed by atoms with Crippen LogP contribution < -0.4 is 14.8 Å². The molecule has 2 N–H and O–H groups in total. The van der Waals surface area contributed by atoms with Crippen LogP contribution in [-0.2, 0) is 11.3 Å². The highest BCUT2D eigenvalue weighted by Gasteiger charge is 2.22. The number of benzene rings is 2. The number of aromatic nitrogens is 1. The second kappa shape index (κ2) is 11.0. The van der Waals surface area contributed by atoms with Crippen LogP contribution in [0.5, 0.6) is 11.5 Å². The lowest BCUT2D eigenvalue weighted by Gasteiger charge is -2.22. The molecule has 3 rings (SSSR count). The number of hydrogen-bond acceptors (Lipinski definition) is 6. The smallest absolute Gasteiger partial charge is 0.323 e. The summed E-state index contributed by atoms with van der Waals surface area (Å²) >= 11 is 0. The van der Waals surface area contributed by atoms with Gasteiger partial charge in [0, 0.05) is 18.4 Å². The molecule has 0 spiro atoms. The van der Waals surface area contributed by atoms with Gasteiger partial charge in [-0.25, -0.2) is 4.98 Å². The number of rotatable bonds is 10. The van der Waals surface area contributed by atoms with Crippen LogP contribution in [0.2, 0.25) is 0 Å². The third-order valence-corrected chi connectivity index (χ3v) is 4.67. The maximum Gasteiger partial charge on any atom is 0.323 e. The number of methoxy groups -OCH3 is 1. The van der Waals surface area contributed by atoms with Gasteiger partial charge in [-0.15, -0.1) is 0 Å². The normalized spacial score (nSPS) is 10.5. The van der Waals surface area contributed by atoms with Crippen molar-refractivity contribution in [3.05, 3.63) is 78.0 Å². The number of nitrogens with zero attached hydrogens (tertiary/aromatic N) is 2. The Hall–Kier alpha value is -4.07. The van der Waals surface area contributed by atoms with Crippen LogP contribution in [0.25, 0.3) is 0 Å². The number of nitrogens with one attached hydrogen (secondary N) is 1. The monoisotopic (exact) mass is 449 g/mol. The molecule has 1 aromatic heterocycles. The van der Waals surface area contributed by atoms with Crippen molar-refractivity contribution in [2.24, 2.45) is 0 Å². The Morgan fingerprint density at radius 3 is 2.30 bits per heavy atom. The Morgan fingerprint density at radius 2 is 1.70 bits per heavy atom. The number of amides is 1. The molecule has 2 aromatic carbocycles. The molecule has 8 nitrogen and oxygen atoms in total. The lowest BCUT2D eigenvalue weighted by Crippen LogP contribution is -2.35. The summed E-state index contributed by atoms with van der Waals surface area (Å²) in [6, 6.07) is 17.7. The van der Waals surface area contributed by atoms with Gasteiger partial charge in [-0.1, -0.05) is 12.1 Å². The van der Waals surface area contributed by atoms with Gasteiger partial charge in [0.15, 0.2) is 0 Å². The standard InChI is InChI=1S/C25H27N3O5/c1-17(2)33-21-10-6-18(7-11-21)15-28(16-23(29)30)25(31)22-5-4-14-26-24(22)27-19-8-12-20(32-3)13-9-19/h4-14,17H,15-16H2,1-3H3,(H,26,27)(H,29,30). The third-order valence-electron chi connectivity index (χ3n) is 4.67. The summed E-state index contributed by atoms with van der Waals surface area (Å²) in [6.07, 6.45) is 1.61. The molecule has 0 radical (unpaired) electrons. The molecule has 0 fully saturated rings. The van der Waals surface area contributed by atoms with E-state index in [-0.39, 0.29) is 18.2 Å². The van der Waals surface area contributed by atoms with Crippen molar-refractivity contribution in [3.63, 3.8) is 0 Å². The van der Waals surface area contributed by atoms with Crippen LogP contribution >= 0.6 is 0 Å². The van der Waals surface area contributed by atoms with Crippen molar-refractivity contribution in [2.45, 2.75) is 26.5 Å². The van der Waals surface area contributed by atoms with Gasteiger partial charge in [0.2, 0.25) is 0 Å². The zero-order valence-electron chi connectivity index (χ0n) is 18.8. The fourth-order valence-electron chi connectivity index (χ4n) is 3.19. The highest BCUT2D eigenvalue weighted by molar-refractivity contribution is 6.00. The minimum atomic E-state index is -1.10. The number of carboxylic acids is 1. The first kappa shape index (κ1) is 23.6. The van der Waals surface area contributed by atoms with Crippen molar-refractivity contribution in [1.82, 2.24) is 9.88 Å². The molecule has 0 bridgehead atoms. The Morgan fingerprint density at radius 1 is 1.03 bits per heavy atom. The average Bonchev–Trinajstić information content (AvgIpc) is 2.80. The number of anilines is 2. The first-order valence-corrected chi connectivity index (χ1v) is 10.5. The van der Waals surface area contributed by atoms with Crippen LogP contribution in [0.4, 0.5) is 11.5 Å². The van der Waals surface area contributed by atoms with E-state index in [1.165, 1.54) is 4.90 Å². The number of pyridine rings is 1. The third kappa shape index (κ3) is 6.70. The maximum absolute atomic E-state index is 13.3. The fourth-order valence-corrected chi connectivity index (χ4v) is 3.19. The SMILES string of the molecule is COc1ccc(Nc2ncccc2C(=O)N(CC(=O)O)Cc2ccc(OC(C)C)cc2)cc1. The zero-order chi connectivity index (χ0) is 23.8. The van der Waals surface area contributed by atoms with E-state index in [1.807, 2.05) is 26.0 Å². The van der Waals surface area contributed by atoms with Crippen LogP contribution in [0.15, 0.2) is 66.9 Å². The molecule has 8 heteroatoms. The molecule has 0 aliphatic rings. The first-order chi connectivity index (χ1) is 15.9. The largest absolute Gasteiger partial charge is 0.497 e. The van der Waals surface area contributed by atoms with Gasteiger partial charge in [0.25, 0.3) is 5.91 Å². The summed E-state index contributed by atoms with van der Waals surface area (Å²) in [5.74, 6) is 0.211. The summed E-state index contributed by atoms with van der Waals surface area (Å²) in [7, 11) is 1.58. The Kier molecular flexibility index (Phi) is 7.86. The average molecular weight is 450 g/mol. The molecule has 3 aromatic rings. The topological polar surface area (TPSA) is 101 Å². The Bertz CT molecular complexity index is 1080. The van der Waals surface area contributed by atoms with Crippen molar-refractivity contribution in [2.75, 3.05) is 19.0 Å².